The van der Waals surface area contributed by atoms with E-state index in [2.05, 4.69) is 6.58 Å². The zero-order valence-electron chi connectivity index (χ0n) is 10.4. The molecule has 0 saturated carbocycles. The second-order valence-corrected chi connectivity index (χ2v) is 3.95. The van der Waals surface area contributed by atoms with Gasteiger partial charge in [-0.1, -0.05) is 43.0 Å². The Labute approximate surface area is 107 Å². The lowest BCUT2D eigenvalue weighted by Crippen LogP contribution is -2.18. The first kappa shape index (κ1) is 12.2. The minimum Gasteiger partial charge on any atom is -0.483 e. The fourth-order valence-electron chi connectivity index (χ4n) is 1.49. The Morgan fingerprint density at radius 2 is 1.39 bits per heavy atom. The van der Waals surface area contributed by atoms with Crippen molar-refractivity contribution in [2.24, 2.45) is 0 Å². The first-order chi connectivity index (χ1) is 8.75. The molecule has 0 radical (unpaired) electrons. The zero-order chi connectivity index (χ0) is 12.8. The number of hydrogen-bond donors (Lipinski definition) is 0. The van der Waals surface area contributed by atoms with Crippen molar-refractivity contribution in [1.29, 1.82) is 0 Å². The highest BCUT2D eigenvalue weighted by Gasteiger charge is 2.10. The summed E-state index contributed by atoms with van der Waals surface area (Å²) in [5.74, 6) is 2.17. The molecule has 2 aromatic carbocycles. The molecule has 0 heterocycles. The van der Waals surface area contributed by atoms with E-state index in [-0.39, 0.29) is 6.10 Å². The van der Waals surface area contributed by atoms with Crippen LogP contribution in [0.2, 0.25) is 0 Å². The average molecular weight is 240 g/mol. The summed E-state index contributed by atoms with van der Waals surface area (Å²) in [6, 6.07) is 19.2. The Morgan fingerprint density at radius 1 is 0.889 bits per heavy atom. The highest BCUT2D eigenvalue weighted by molar-refractivity contribution is 5.25. The van der Waals surface area contributed by atoms with Crippen molar-refractivity contribution in [3.8, 4) is 11.5 Å². The Kier molecular flexibility index (Phi) is 4.02. The molecule has 2 heteroatoms. The summed E-state index contributed by atoms with van der Waals surface area (Å²) in [4.78, 5) is 0. The van der Waals surface area contributed by atoms with E-state index in [1.54, 1.807) is 0 Å². The third-order valence-corrected chi connectivity index (χ3v) is 2.50. The highest BCUT2D eigenvalue weighted by Crippen LogP contribution is 2.18. The molecule has 0 N–H and O–H groups in total. The van der Waals surface area contributed by atoms with E-state index in [0.29, 0.717) is 5.76 Å². The largest absolute Gasteiger partial charge is 0.483 e. The smallest absolute Gasteiger partial charge is 0.153 e. The van der Waals surface area contributed by atoms with Gasteiger partial charge in [-0.2, -0.15) is 0 Å². The van der Waals surface area contributed by atoms with Crippen molar-refractivity contribution < 1.29 is 9.47 Å². The molecule has 0 amide bonds. The predicted molar refractivity (Wildman–Crippen MR) is 72.7 cm³/mol. The average Bonchev–Trinajstić information content (AvgIpc) is 2.41. The van der Waals surface area contributed by atoms with Crippen LogP contribution in [0.15, 0.2) is 73.0 Å². The standard InChI is InChI=1S/C16H16O2/c1-13(17-15-9-5-3-6-10-15)14(2)18-16-11-7-4-8-12-16/h3-12,14H,1H2,2H3. The van der Waals surface area contributed by atoms with E-state index in [9.17, 15) is 0 Å². The maximum absolute atomic E-state index is 5.72. The molecule has 2 nitrogen and oxygen atoms in total. The lowest BCUT2D eigenvalue weighted by atomic mass is 10.3. The lowest BCUT2D eigenvalue weighted by Gasteiger charge is -2.17. The number of ether oxygens (including phenoxy) is 2. The molecule has 0 bridgehead atoms. The van der Waals surface area contributed by atoms with Gasteiger partial charge in [-0.15, -0.1) is 0 Å². The summed E-state index contributed by atoms with van der Waals surface area (Å²) < 4.78 is 11.4. The van der Waals surface area contributed by atoms with Crippen LogP contribution in [0.4, 0.5) is 0 Å². The third kappa shape index (κ3) is 3.39. The van der Waals surface area contributed by atoms with Crippen LogP contribution >= 0.6 is 0 Å². The molecule has 18 heavy (non-hydrogen) atoms. The van der Waals surface area contributed by atoms with E-state index in [1.807, 2.05) is 67.6 Å². The molecule has 0 spiro atoms. The van der Waals surface area contributed by atoms with Crippen LogP contribution in [0, 0.1) is 0 Å². The van der Waals surface area contributed by atoms with E-state index in [0.717, 1.165) is 11.5 Å². The molecule has 92 valence electrons. The van der Waals surface area contributed by atoms with Gasteiger partial charge in [0.25, 0.3) is 0 Å². The van der Waals surface area contributed by atoms with E-state index < -0.39 is 0 Å². The minimum absolute atomic E-state index is 0.201. The van der Waals surface area contributed by atoms with E-state index >= 15 is 0 Å². The number of rotatable bonds is 5. The van der Waals surface area contributed by atoms with Crippen molar-refractivity contribution in [2.75, 3.05) is 0 Å². The normalized spacial score (nSPS) is 11.6. The van der Waals surface area contributed by atoms with Crippen LogP contribution in [-0.2, 0) is 0 Å². The minimum atomic E-state index is -0.201. The fourth-order valence-corrected chi connectivity index (χ4v) is 1.49. The van der Waals surface area contributed by atoms with Gasteiger partial charge < -0.3 is 9.47 Å². The topological polar surface area (TPSA) is 18.5 Å². The van der Waals surface area contributed by atoms with Crippen LogP contribution in [-0.4, -0.2) is 6.10 Å². The number of para-hydroxylation sites is 2. The van der Waals surface area contributed by atoms with Crippen molar-refractivity contribution in [2.45, 2.75) is 13.0 Å². The zero-order valence-corrected chi connectivity index (χ0v) is 10.4. The second-order valence-electron chi connectivity index (χ2n) is 3.95. The first-order valence-corrected chi connectivity index (χ1v) is 5.89. The summed E-state index contributed by atoms with van der Waals surface area (Å²) in [5, 5.41) is 0. The Hall–Kier alpha value is -2.22. The molecule has 2 rings (SSSR count). The van der Waals surface area contributed by atoms with Gasteiger partial charge in [0.15, 0.2) is 6.10 Å². The quantitative estimate of drug-likeness (QED) is 0.734. The molecule has 1 atom stereocenters. The van der Waals surface area contributed by atoms with Crippen LogP contribution < -0.4 is 9.47 Å². The fraction of sp³-hybridized carbons (Fsp3) is 0.125. The molecule has 2 aromatic rings. The Morgan fingerprint density at radius 3 is 1.94 bits per heavy atom. The Bertz CT molecular complexity index is 491. The van der Waals surface area contributed by atoms with Gasteiger partial charge in [0, 0.05) is 0 Å². The van der Waals surface area contributed by atoms with Gasteiger partial charge in [0.05, 0.1) is 0 Å². The van der Waals surface area contributed by atoms with E-state index in [1.165, 1.54) is 0 Å². The van der Waals surface area contributed by atoms with Gasteiger partial charge >= 0.3 is 0 Å². The first-order valence-electron chi connectivity index (χ1n) is 5.89. The van der Waals surface area contributed by atoms with Crippen LogP contribution in [0.1, 0.15) is 6.92 Å². The predicted octanol–water partition coefficient (Wildman–Crippen LogP) is 4.05. The molecule has 0 fully saturated rings. The Balaban J connectivity index is 1.93. The molecular weight excluding hydrogens is 224 g/mol. The molecule has 0 saturated heterocycles. The maximum Gasteiger partial charge on any atom is 0.153 e. The van der Waals surface area contributed by atoms with E-state index in [4.69, 9.17) is 9.47 Å². The van der Waals surface area contributed by atoms with Gasteiger partial charge in [-0.25, -0.2) is 0 Å². The lowest BCUT2D eigenvalue weighted by molar-refractivity contribution is 0.201. The summed E-state index contributed by atoms with van der Waals surface area (Å²) in [7, 11) is 0. The highest BCUT2D eigenvalue weighted by atomic mass is 16.5. The summed E-state index contributed by atoms with van der Waals surface area (Å²) in [6.07, 6.45) is -0.201. The van der Waals surface area contributed by atoms with Gasteiger partial charge in [0.1, 0.15) is 17.3 Å². The third-order valence-electron chi connectivity index (χ3n) is 2.50. The van der Waals surface area contributed by atoms with Crippen LogP contribution in [0.3, 0.4) is 0 Å². The molecule has 0 aliphatic heterocycles. The van der Waals surface area contributed by atoms with Crippen LogP contribution in [0.25, 0.3) is 0 Å². The van der Waals surface area contributed by atoms with Gasteiger partial charge in [-0.3, -0.25) is 0 Å². The van der Waals surface area contributed by atoms with Crippen molar-refractivity contribution in [1.82, 2.24) is 0 Å². The second kappa shape index (κ2) is 5.92. The molecule has 0 aliphatic carbocycles. The molecule has 0 aliphatic rings. The summed E-state index contributed by atoms with van der Waals surface area (Å²) in [6.45, 7) is 5.81. The molecule has 0 aromatic heterocycles. The number of hydrogen-bond acceptors (Lipinski definition) is 2. The monoisotopic (exact) mass is 240 g/mol. The molecule has 1 unspecified atom stereocenters. The van der Waals surface area contributed by atoms with Crippen LogP contribution in [0.5, 0.6) is 11.5 Å². The van der Waals surface area contributed by atoms with Gasteiger partial charge in [0.2, 0.25) is 0 Å². The van der Waals surface area contributed by atoms with Crippen molar-refractivity contribution in [3.63, 3.8) is 0 Å². The molecular formula is C16H16O2. The number of benzene rings is 2. The summed E-state index contributed by atoms with van der Waals surface area (Å²) in [5.41, 5.74) is 0. The SMILES string of the molecule is C=C(Oc1ccccc1)C(C)Oc1ccccc1. The van der Waals surface area contributed by atoms with Crippen molar-refractivity contribution in [3.05, 3.63) is 73.0 Å². The van der Waals surface area contributed by atoms with Gasteiger partial charge in [-0.05, 0) is 31.2 Å². The maximum atomic E-state index is 5.72. The summed E-state index contributed by atoms with van der Waals surface area (Å²) >= 11 is 0. The van der Waals surface area contributed by atoms with Crippen molar-refractivity contribution >= 4 is 0 Å².